The van der Waals surface area contributed by atoms with Gasteiger partial charge in [0.25, 0.3) is 0 Å². The van der Waals surface area contributed by atoms with Gasteiger partial charge in [-0.05, 0) is 6.42 Å². The van der Waals surface area contributed by atoms with E-state index in [1.165, 1.54) is 0 Å². The highest BCUT2D eigenvalue weighted by atomic mass is 16.7. The summed E-state index contributed by atoms with van der Waals surface area (Å²) >= 11 is 0. The van der Waals surface area contributed by atoms with Crippen molar-refractivity contribution in [1.82, 2.24) is 10.6 Å². The first-order valence-electron chi connectivity index (χ1n) is 5.98. The molecule has 2 N–H and O–H groups in total. The Bertz CT molecular complexity index is 208. The predicted octanol–water partition coefficient (Wildman–Crippen LogP) is -0.508. The third kappa shape index (κ3) is 7.27. The fourth-order valence-electron chi connectivity index (χ4n) is 1.51. The van der Waals surface area contributed by atoms with Crippen LogP contribution < -0.4 is 10.6 Å². The zero-order valence-corrected chi connectivity index (χ0v) is 10.4. The lowest BCUT2D eigenvalue weighted by molar-refractivity contribution is -0.137. The zero-order valence-electron chi connectivity index (χ0n) is 10.4. The van der Waals surface area contributed by atoms with Gasteiger partial charge in [-0.3, -0.25) is 4.79 Å². The number of carbonyl (C=O) groups is 1. The SMILES string of the molecule is COCCNC(=O)CCNCC1CCOCO1. The van der Waals surface area contributed by atoms with Gasteiger partial charge < -0.3 is 24.8 Å². The van der Waals surface area contributed by atoms with Crippen LogP contribution in [-0.2, 0) is 19.0 Å². The van der Waals surface area contributed by atoms with Gasteiger partial charge in [0.15, 0.2) is 0 Å². The largest absolute Gasteiger partial charge is 0.383 e. The van der Waals surface area contributed by atoms with Crippen molar-refractivity contribution < 1.29 is 19.0 Å². The number of ether oxygens (including phenoxy) is 3. The Labute approximate surface area is 102 Å². The Balaban J connectivity index is 1.90. The van der Waals surface area contributed by atoms with Gasteiger partial charge in [-0.1, -0.05) is 0 Å². The number of methoxy groups -OCH3 is 1. The van der Waals surface area contributed by atoms with E-state index < -0.39 is 0 Å². The van der Waals surface area contributed by atoms with E-state index in [1.807, 2.05) is 0 Å². The van der Waals surface area contributed by atoms with Crippen LogP contribution in [0, 0.1) is 0 Å². The number of carbonyl (C=O) groups excluding carboxylic acids is 1. The van der Waals surface area contributed by atoms with E-state index in [4.69, 9.17) is 14.2 Å². The van der Waals surface area contributed by atoms with Gasteiger partial charge in [0.2, 0.25) is 5.91 Å². The van der Waals surface area contributed by atoms with Gasteiger partial charge in [-0.25, -0.2) is 0 Å². The predicted molar refractivity (Wildman–Crippen MR) is 62.7 cm³/mol. The molecule has 0 aliphatic carbocycles. The molecule has 6 heteroatoms. The second kappa shape index (κ2) is 9.35. The lowest BCUT2D eigenvalue weighted by Gasteiger charge is -2.22. The van der Waals surface area contributed by atoms with E-state index in [9.17, 15) is 4.79 Å². The zero-order chi connectivity index (χ0) is 12.3. The van der Waals surface area contributed by atoms with E-state index in [0.29, 0.717) is 32.9 Å². The van der Waals surface area contributed by atoms with Gasteiger partial charge in [-0.2, -0.15) is 0 Å². The standard InChI is InChI=1S/C11H22N2O4/c1-15-7-5-13-11(14)2-4-12-8-10-3-6-16-9-17-10/h10,12H,2-9H2,1H3,(H,13,14). The highest BCUT2D eigenvalue weighted by Gasteiger charge is 2.13. The second-order valence-electron chi connectivity index (χ2n) is 3.90. The summed E-state index contributed by atoms with van der Waals surface area (Å²) in [6, 6.07) is 0. The van der Waals surface area contributed by atoms with Gasteiger partial charge in [0, 0.05) is 33.2 Å². The Kier molecular flexibility index (Phi) is 7.91. The first-order chi connectivity index (χ1) is 8.33. The third-order valence-corrected chi connectivity index (χ3v) is 2.50. The minimum absolute atomic E-state index is 0.0439. The molecule has 1 saturated heterocycles. The van der Waals surface area contributed by atoms with Crippen LogP contribution in [0.2, 0.25) is 0 Å². The molecule has 0 bridgehead atoms. The van der Waals surface area contributed by atoms with Gasteiger partial charge in [0.1, 0.15) is 6.79 Å². The summed E-state index contributed by atoms with van der Waals surface area (Å²) in [4.78, 5) is 11.3. The number of hydrogen-bond acceptors (Lipinski definition) is 5. The molecule has 0 saturated carbocycles. The lowest BCUT2D eigenvalue weighted by atomic mass is 10.2. The van der Waals surface area contributed by atoms with E-state index >= 15 is 0 Å². The molecule has 1 amide bonds. The molecule has 0 aromatic rings. The average molecular weight is 246 g/mol. The number of amides is 1. The molecule has 1 aliphatic rings. The van der Waals surface area contributed by atoms with Crippen LogP contribution in [0.4, 0.5) is 0 Å². The van der Waals surface area contributed by atoms with Crippen molar-refractivity contribution in [2.45, 2.75) is 18.9 Å². The van der Waals surface area contributed by atoms with Gasteiger partial charge in [0.05, 0.1) is 19.3 Å². The maximum absolute atomic E-state index is 11.3. The minimum atomic E-state index is 0.0439. The summed E-state index contributed by atoms with van der Waals surface area (Å²) in [5.74, 6) is 0.0439. The van der Waals surface area contributed by atoms with Crippen LogP contribution in [0.5, 0.6) is 0 Å². The normalized spacial score (nSPS) is 20.2. The van der Waals surface area contributed by atoms with Crippen molar-refractivity contribution in [2.24, 2.45) is 0 Å². The average Bonchev–Trinajstić information content (AvgIpc) is 2.36. The Morgan fingerprint density at radius 1 is 1.47 bits per heavy atom. The van der Waals surface area contributed by atoms with Crippen LogP contribution in [0.3, 0.4) is 0 Å². The molecule has 17 heavy (non-hydrogen) atoms. The van der Waals surface area contributed by atoms with E-state index in [-0.39, 0.29) is 12.0 Å². The highest BCUT2D eigenvalue weighted by Crippen LogP contribution is 2.04. The summed E-state index contributed by atoms with van der Waals surface area (Å²) in [7, 11) is 1.61. The fourth-order valence-corrected chi connectivity index (χ4v) is 1.51. The summed E-state index contributed by atoms with van der Waals surface area (Å²) in [5.41, 5.74) is 0. The van der Waals surface area contributed by atoms with Crippen LogP contribution >= 0.6 is 0 Å². The first-order valence-corrected chi connectivity index (χ1v) is 5.98. The molecule has 0 aromatic carbocycles. The van der Waals surface area contributed by atoms with Crippen molar-refractivity contribution in [1.29, 1.82) is 0 Å². The summed E-state index contributed by atoms with van der Waals surface area (Å²) in [5, 5.41) is 5.97. The number of rotatable bonds is 8. The van der Waals surface area contributed by atoms with Crippen LogP contribution in [0.15, 0.2) is 0 Å². The number of hydrogen-bond donors (Lipinski definition) is 2. The molecule has 6 nitrogen and oxygen atoms in total. The Hall–Kier alpha value is -0.690. The van der Waals surface area contributed by atoms with Crippen molar-refractivity contribution in [2.75, 3.05) is 46.8 Å². The fraction of sp³-hybridized carbons (Fsp3) is 0.909. The monoisotopic (exact) mass is 246 g/mol. The molecule has 1 fully saturated rings. The topological polar surface area (TPSA) is 68.8 Å². The second-order valence-corrected chi connectivity index (χ2v) is 3.90. The van der Waals surface area contributed by atoms with Crippen LogP contribution in [0.25, 0.3) is 0 Å². The smallest absolute Gasteiger partial charge is 0.221 e. The molecular weight excluding hydrogens is 224 g/mol. The Morgan fingerprint density at radius 3 is 3.06 bits per heavy atom. The van der Waals surface area contributed by atoms with E-state index in [1.54, 1.807) is 7.11 Å². The van der Waals surface area contributed by atoms with Crippen molar-refractivity contribution >= 4 is 5.91 Å². The van der Waals surface area contributed by atoms with Crippen molar-refractivity contribution in [3.05, 3.63) is 0 Å². The van der Waals surface area contributed by atoms with Gasteiger partial charge in [-0.15, -0.1) is 0 Å². The van der Waals surface area contributed by atoms with E-state index in [2.05, 4.69) is 10.6 Å². The van der Waals surface area contributed by atoms with Crippen molar-refractivity contribution in [3.63, 3.8) is 0 Å². The first kappa shape index (κ1) is 14.4. The van der Waals surface area contributed by atoms with Crippen molar-refractivity contribution in [3.8, 4) is 0 Å². The van der Waals surface area contributed by atoms with Crippen LogP contribution in [0.1, 0.15) is 12.8 Å². The molecule has 0 aromatic heterocycles. The summed E-state index contributed by atoms with van der Waals surface area (Å²) in [6.45, 7) is 3.69. The summed E-state index contributed by atoms with van der Waals surface area (Å²) in [6.07, 6.45) is 1.60. The number of nitrogens with one attached hydrogen (secondary N) is 2. The maximum Gasteiger partial charge on any atom is 0.221 e. The molecular formula is C11H22N2O4. The minimum Gasteiger partial charge on any atom is -0.383 e. The molecule has 1 unspecified atom stereocenters. The molecule has 0 radical (unpaired) electrons. The van der Waals surface area contributed by atoms with Crippen LogP contribution in [-0.4, -0.2) is 58.8 Å². The highest BCUT2D eigenvalue weighted by molar-refractivity contribution is 5.75. The molecule has 1 atom stereocenters. The summed E-state index contributed by atoms with van der Waals surface area (Å²) < 4.78 is 15.3. The van der Waals surface area contributed by atoms with Gasteiger partial charge >= 0.3 is 0 Å². The lowest BCUT2D eigenvalue weighted by Crippen LogP contribution is -2.36. The molecule has 0 spiro atoms. The molecule has 100 valence electrons. The molecule has 1 aliphatic heterocycles. The maximum atomic E-state index is 11.3. The quantitative estimate of drug-likeness (QED) is 0.565. The third-order valence-electron chi connectivity index (χ3n) is 2.50. The van der Waals surface area contributed by atoms with E-state index in [0.717, 1.165) is 19.6 Å². The molecule has 1 rings (SSSR count). The molecule has 1 heterocycles. The Morgan fingerprint density at radius 2 is 2.35 bits per heavy atom.